The van der Waals surface area contributed by atoms with Gasteiger partial charge in [-0.1, -0.05) is 0 Å². The van der Waals surface area contributed by atoms with Crippen molar-refractivity contribution in [1.82, 2.24) is 15.0 Å². The number of pyridine rings is 1. The highest BCUT2D eigenvalue weighted by atomic mass is 32.2. The molecule has 0 fully saturated rings. The molecule has 0 aromatic carbocycles. The molecule has 0 saturated carbocycles. The Kier molecular flexibility index (Phi) is 4.17. The molecule has 0 amide bonds. The fourth-order valence-corrected chi connectivity index (χ4v) is 2.41. The van der Waals surface area contributed by atoms with Gasteiger partial charge in [0.25, 0.3) is 0 Å². The number of nitrogens with zero attached hydrogens (tertiary/aromatic N) is 3. The zero-order valence-corrected chi connectivity index (χ0v) is 12.3. The molecule has 1 N–H and O–H groups in total. The number of rotatable bonds is 3. The third kappa shape index (κ3) is 3.30. The standard InChI is InChI=1S/C14H17N3OS/c1-8-9(2)16-14(17-10(8)3)19-12-5-6-13(11(4)18)15-7-12/h5-7,11,18H,1-4H3/t11-/m0/s1. The second kappa shape index (κ2) is 5.67. The fourth-order valence-electron chi connectivity index (χ4n) is 1.59. The van der Waals surface area contributed by atoms with Gasteiger partial charge in [-0.2, -0.15) is 0 Å². The van der Waals surface area contributed by atoms with Gasteiger partial charge in [-0.25, -0.2) is 9.97 Å². The lowest BCUT2D eigenvalue weighted by Crippen LogP contribution is -1.98. The summed E-state index contributed by atoms with van der Waals surface area (Å²) in [4.78, 5) is 14.1. The highest BCUT2D eigenvalue weighted by Gasteiger charge is 2.07. The number of aromatic nitrogens is 3. The zero-order valence-electron chi connectivity index (χ0n) is 11.5. The molecule has 2 rings (SSSR count). The maximum atomic E-state index is 9.41. The average Bonchev–Trinajstić information content (AvgIpc) is 2.36. The molecular formula is C14H17N3OS. The molecule has 1 atom stereocenters. The smallest absolute Gasteiger partial charge is 0.192 e. The van der Waals surface area contributed by atoms with Gasteiger partial charge in [-0.3, -0.25) is 4.98 Å². The molecule has 100 valence electrons. The molecule has 0 aliphatic heterocycles. The first kappa shape index (κ1) is 14.0. The summed E-state index contributed by atoms with van der Waals surface area (Å²) in [7, 11) is 0. The van der Waals surface area contributed by atoms with Crippen LogP contribution in [0.25, 0.3) is 0 Å². The lowest BCUT2D eigenvalue weighted by atomic mass is 10.2. The van der Waals surface area contributed by atoms with E-state index >= 15 is 0 Å². The van der Waals surface area contributed by atoms with Crippen molar-refractivity contribution >= 4 is 11.8 Å². The van der Waals surface area contributed by atoms with E-state index in [0.29, 0.717) is 5.69 Å². The Morgan fingerprint density at radius 2 is 1.74 bits per heavy atom. The Balaban J connectivity index is 2.21. The zero-order chi connectivity index (χ0) is 14.0. The van der Waals surface area contributed by atoms with Crippen molar-refractivity contribution in [3.63, 3.8) is 0 Å². The van der Waals surface area contributed by atoms with Crippen LogP contribution < -0.4 is 0 Å². The molecule has 2 aromatic rings. The Morgan fingerprint density at radius 1 is 1.11 bits per heavy atom. The largest absolute Gasteiger partial charge is 0.387 e. The molecule has 4 nitrogen and oxygen atoms in total. The third-order valence-electron chi connectivity index (χ3n) is 3.01. The van der Waals surface area contributed by atoms with E-state index in [9.17, 15) is 5.11 Å². The summed E-state index contributed by atoms with van der Waals surface area (Å²) in [5, 5.41) is 10.1. The van der Waals surface area contributed by atoms with Gasteiger partial charge in [0.2, 0.25) is 0 Å². The number of aliphatic hydroxyl groups excluding tert-OH is 1. The molecule has 2 heterocycles. The van der Waals surface area contributed by atoms with Gasteiger partial charge < -0.3 is 5.11 Å². The van der Waals surface area contributed by atoms with Crippen LogP contribution in [0.5, 0.6) is 0 Å². The van der Waals surface area contributed by atoms with Crippen molar-refractivity contribution in [3.8, 4) is 0 Å². The van der Waals surface area contributed by atoms with E-state index in [1.54, 1.807) is 13.1 Å². The molecule has 0 saturated heterocycles. The molecule has 19 heavy (non-hydrogen) atoms. The summed E-state index contributed by atoms with van der Waals surface area (Å²) in [5.74, 6) is 0. The Morgan fingerprint density at radius 3 is 2.21 bits per heavy atom. The predicted octanol–water partition coefficient (Wildman–Crippen LogP) is 3.00. The predicted molar refractivity (Wildman–Crippen MR) is 75.2 cm³/mol. The minimum atomic E-state index is -0.542. The molecule has 2 aromatic heterocycles. The van der Waals surface area contributed by atoms with E-state index in [2.05, 4.69) is 15.0 Å². The Hall–Kier alpha value is -1.46. The Bertz CT molecular complexity index is 559. The van der Waals surface area contributed by atoms with Crippen LogP contribution in [-0.2, 0) is 0 Å². The van der Waals surface area contributed by atoms with Crippen LogP contribution in [0.4, 0.5) is 0 Å². The normalized spacial score (nSPS) is 12.5. The molecule has 0 aliphatic rings. The fraction of sp³-hybridized carbons (Fsp3) is 0.357. The number of hydrogen-bond acceptors (Lipinski definition) is 5. The van der Waals surface area contributed by atoms with E-state index in [-0.39, 0.29) is 0 Å². The van der Waals surface area contributed by atoms with E-state index in [1.165, 1.54) is 11.8 Å². The molecule has 5 heteroatoms. The second-order valence-electron chi connectivity index (χ2n) is 4.50. The van der Waals surface area contributed by atoms with E-state index < -0.39 is 6.10 Å². The number of aliphatic hydroxyl groups is 1. The van der Waals surface area contributed by atoms with Crippen LogP contribution in [-0.4, -0.2) is 20.1 Å². The van der Waals surface area contributed by atoms with Crippen LogP contribution in [0.3, 0.4) is 0 Å². The third-order valence-corrected chi connectivity index (χ3v) is 3.85. The van der Waals surface area contributed by atoms with E-state index in [4.69, 9.17) is 0 Å². The monoisotopic (exact) mass is 275 g/mol. The summed E-state index contributed by atoms with van der Waals surface area (Å²) < 4.78 is 0. The Labute approximate surface area is 117 Å². The molecular weight excluding hydrogens is 258 g/mol. The maximum absolute atomic E-state index is 9.41. The van der Waals surface area contributed by atoms with Crippen molar-refractivity contribution in [2.75, 3.05) is 0 Å². The molecule has 0 bridgehead atoms. The van der Waals surface area contributed by atoms with Gasteiger partial charge in [0.05, 0.1) is 11.8 Å². The van der Waals surface area contributed by atoms with Gasteiger partial charge in [0.15, 0.2) is 5.16 Å². The summed E-state index contributed by atoms with van der Waals surface area (Å²) >= 11 is 1.48. The molecule has 0 radical (unpaired) electrons. The topological polar surface area (TPSA) is 58.9 Å². The molecule has 0 unspecified atom stereocenters. The average molecular weight is 275 g/mol. The minimum Gasteiger partial charge on any atom is -0.387 e. The van der Waals surface area contributed by atoms with Crippen LogP contribution in [0.2, 0.25) is 0 Å². The number of hydrogen-bond donors (Lipinski definition) is 1. The summed E-state index contributed by atoms with van der Waals surface area (Å²) in [6.07, 6.45) is 1.19. The van der Waals surface area contributed by atoms with Crippen molar-refractivity contribution in [3.05, 3.63) is 41.0 Å². The molecule has 0 aliphatic carbocycles. The minimum absolute atomic E-state index is 0.542. The maximum Gasteiger partial charge on any atom is 0.192 e. The second-order valence-corrected chi connectivity index (χ2v) is 5.54. The number of aryl methyl sites for hydroxylation is 2. The summed E-state index contributed by atoms with van der Waals surface area (Å²) in [6, 6.07) is 3.74. The molecule has 0 spiro atoms. The lowest BCUT2D eigenvalue weighted by molar-refractivity contribution is 0.194. The van der Waals surface area contributed by atoms with Crippen molar-refractivity contribution in [2.24, 2.45) is 0 Å². The van der Waals surface area contributed by atoms with Gasteiger partial charge >= 0.3 is 0 Å². The van der Waals surface area contributed by atoms with Gasteiger partial charge in [-0.05, 0) is 57.2 Å². The van der Waals surface area contributed by atoms with Gasteiger partial charge in [-0.15, -0.1) is 0 Å². The van der Waals surface area contributed by atoms with Gasteiger partial charge in [0.1, 0.15) is 0 Å². The van der Waals surface area contributed by atoms with Crippen molar-refractivity contribution in [1.29, 1.82) is 0 Å². The van der Waals surface area contributed by atoms with Crippen LogP contribution in [0.15, 0.2) is 28.4 Å². The first-order chi connectivity index (χ1) is 8.97. The SMILES string of the molecule is Cc1nc(Sc2ccc([C@H](C)O)nc2)nc(C)c1C. The summed E-state index contributed by atoms with van der Waals surface area (Å²) in [5.41, 5.74) is 3.81. The van der Waals surface area contributed by atoms with Crippen molar-refractivity contribution < 1.29 is 5.11 Å². The van der Waals surface area contributed by atoms with E-state index in [0.717, 1.165) is 27.0 Å². The van der Waals surface area contributed by atoms with E-state index in [1.807, 2.05) is 32.9 Å². The summed E-state index contributed by atoms with van der Waals surface area (Å²) in [6.45, 7) is 7.70. The first-order valence-corrected chi connectivity index (χ1v) is 6.92. The highest BCUT2D eigenvalue weighted by molar-refractivity contribution is 7.99. The first-order valence-electron chi connectivity index (χ1n) is 6.11. The highest BCUT2D eigenvalue weighted by Crippen LogP contribution is 2.26. The van der Waals surface area contributed by atoms with Crippen LogP contribution in [0, 0.1) is 20.8 Å². The van der Waals surface area contributed by atoms with Crippen LogP contribution >= 0.6 is 11.8 Å². The quantitative estimate of drug-likeness (QED) is 0.873. The van der Waals surface area contributed by atoms with Crippen molar-refractivity contribution in [2.45, 2.75) is 43.9 Å². The van der Waals surface area contributed by atoms with Crippen LogP contribution in [0.1, 0.15) is 35.7 Å². The van der Waals surface area contributed by atoms with Gasteiger partial charge in [0, 0.05) is 22.5 Å². The lowest BCUT2D eigenvalue weighted by Gasteiger charge is -2.07.